The third kappa shape index (κ3) is 4.18. The van der Waals surface area contributed by atoms with E-state index in [0.29, 0.717) is 11.1 Å². The summed E-state index contributed by atoms with van der Waals surface area (Å²) in [6.07, 6.45) is -4.88. The molecule has 1 aliphatic heterocycles. The van der Waals surface area contributed by atoms with E-state index in [4.69, 9.17) is 14.6 Å². The second-order valence-corrected chi connectivity index (χ2v) is 9.41. The molecule has 0 saturated carbocycles. The maximum Gasteiger partial charge on any atom is 0.268 e. The van der Waals surface area contributed by atoms with Gasteiger partial charge in [0.1, 0.15) is 24.4 Å². The maximum absolute atomic E-state index is 13.2. The van der Waals surface area contributed by atoms with Crippen molar-refractivity contribution < 1.29 is 38.3 Å². The van der Waals surface area contributed by atoms with E-state index in [9.17, 15) is 23.7 Å². The number of ether oxygens (including phenoxy) is 2. The van der Waals surface area contributed by atoms with E-state index in [0.717, 1.165) is 5.39 Å². The molecule has 0 radical (unpaired) electrons. The van der Waals surface area contributed by atoms with E-state index in [2.05, 4.69) is 0 Å². The second-order valence-electron chi connectivity index (χ2n) is 7.60. The molecule has 1 fully saturated rings. The average molecular weight is 464 g/mol. The van der Waals surface area contributed by atoms with Crippen molar-refractivity contribution in [1.82, 2.24) is 3.97 Å². The summed E-state index contributed by atoms with van der Waals surface area (Å²) >= 11 is 0. The molecule has 1 aliphatic rings. The fourth-order valence-corrected chi connectivity index (χ4v) is 5.29. The highest BCUT2D eigenvalue weighted by Gasteiger charge is 2.44. The second kappa shape index (κ2) is 9.28. The van der Waals surface area contributed by atoms with E-state index in [-0.39, 0.29) is 17.9 Å². The molecule has 2 heterocycles. The number of benzene rings is 2. The fraction of sp³-hybridized carbons (Fsp3) is 0.364. The van der Waals surface area contributed by atoms with Gasteiger partial charge < -0.3 is 29.9 Å². The molecule has 1 aromatic heterocycles. The van der Waals surface area contributed by atoms with E-state index >= 15 is 0 Å². The number of aliphatic hydroxyl groups is 4. The average Bonchev–Trinajstić information content (AvgIpc) is 3.18. The van der Waals surface area contributed by atoms with Crippen LogP contribution in [0, 0.1) is 0 Å². The van der Waals surface area contributed by atoms with Crippen molar-refractivity contribution in [1.29, 1.82) is 0 Å². The molecule has 1 saturated heterocycles. The summed E-state index contributed by atoms with van der Waals surface area (Å²) in [6.45, 7) is -0.532. The lowest BCUT2D eigenvalue weighted by molar-refractivity contribution is -0.296. The Hall–Kier alpha value is -2.31. The molecule has 10 heteroatoms. The summed E-state index contributed by atoms with van der Waals surface area (Å²) < 4.78 is 38.2. The molecular weight excluding hydrogens is 438 g/mol. The predicted octanol–water partition coefficient (Wildman–Crippen LogP) is 0.237. The summed E-state index contributed by atoms with van der Waals surface area (Å²) in [6, 6.07) is 15.2. The molecule has 4 N–H and O–H groups in total. The number of hydrogen-bond donors (Lipinski definition) is 4. The van der Waals surface area contributed by atoms with Crippen molar-refractivity contribution in [3.63, 3.8) is 0 Å². The minimum atomic E-state index is -3.81. The molecular formula is C22H25NO8S. The highest BCUT2D eigenvalue weighted by molar-refractivity contribution is 7.90. The number of rotatable bonds is 7. The highest BCUT2D eigenvalue weighted by Crippen LogP contribution is 2.27. The Morgan fingerprint density at radius 3 is 2.38 bits per heavy atom. The van der Waals surface area contributed by atoms with E-state index < -0.39 is 47.3 Å². The van der Waals surface area contributed by atoms with Crippen molar-refractivity contribution >= 4 is 20.9 Å². The molecule has 5 atom stereocenters. The van der Waals surface area contributed by atoms with Gasteiger partial charge in [0.05, 0.1) is 23.6 Å². The molecule has 172 valence electrons. The largest absolute Gasteiger partial charge is 0.394 e. The van der Waals surface area contributed by atoms with Gasteiger partial charge in [-0.25, -0.2) is 12.4 Å². The highest BCUT2D eigenvalue weighted by atomic mass is 32.2. The van der Waals surface area contributed by atoms with Crippen LogP contribution in [-0.4, -0.2) is 76.7 Å². The van der Waals surface area contributed by atoms with Crippen LogP contribution in [0.1, 0.15) is 5.56 Å². The predicted molar refractivity (Wildman–Crippen MR) is 114 cm³/mol. The zero-order chi connectivity index (χ0) is 22.9. The number of fused-ring (bicyclic) bond motifs is 1. The smallest absolute Gasteiger partial charge is 0.268 e. The first-order valence-corrected chi connectivity index (χ1v) is 11.6. The molecule has 9 nitrogen and oxygen atoms in total. The maximum atomic E-state index is 13.2. The minimum Gasteiger partial charge on any atom is -0.394 e. The monoisotopic (exact) mass is 463 g/mol. The summed E-state index contributed by atoms with van der Waals surface area (Å²) in [5.74, 6) is 0. The topological polar surface area (TPSA) is 138 Å². The molecule has 2 aromatic carbocycles. The summed E-state index contributed by atoms with van der Waals surface area (Å²) in [4.78, 5) is 0.168. The number of aliphatic hydroxyl groups excluding tert-OH is 4. The number of para-hydroxylation sites is 1. The summed E-state index contributed by atoms with van der Waals surface area (Å²) in [5.41, 5.74) is 1.23. The zero-order valence-corrected chi connectivity index (χ0v) is 17.9. The van der Waals surface area contributed by atoms with Gasteiger partial charge in [-0.05, 0) is 30.2 Å². The van der Waals surface area contributed by atoms with Gasteiger partial charge >= 0.3 is 0 Å². The van der Waals surface area contributed by atoms with Crippen LogP contribution in [-0.2, 0) is 25.9 Å². The third-order valence-corrected chi connectivity index (χ3v) is 7.27. The Bertz CT molecular complexity index is 1160. The van der Waals surface area contributed by atoms with Crippen LogP contribution >= 0.6 is 0 Å². The van der Waals surface area contributed by atoms with Gasteiger partial charge in [-0.2, -0.15) is 0 Å². The molecule has 4 rings (SSSR count). The first-order chi connectivity index (χ1) is 15.3. The number of hydrogen-bond acceptors (Lipinski definition) is 8. The van der Waals surface area contributed by atoms with Gasteiger partial charge in [-0.15, -0.1) is 0 Å². The van der Waals surface area contributed by atoms with Crippen LogP contribution in [0.15, 0.2) is 65.7 Å². The van der Waals surface area contributed by atoms with Crippen LogP contribution in [0.5, 0.6) is 0 Å². The molecule has 0 aliphatic carbocycles. The third-order valence-electron chi connectivity index (χ3n) is 5.58. The van der Waals surface area contributed by atoms with Gasteiger partial charge in [-0.1, -0.05) is 36.4 Å². The first-order valence-electron chi connectivity index (χ1n) is 10.2. The van der Waals surface area contributed by atoms with Crippen LogP contribution in [0.25, 0.3) is 10.9 Å². The zero-order valence-electron chi connectivity index (χ0n) is 17.1. The van der Waals surface area contributed by atoms with Crippen molar-refractivity contribution in [3.8, 4) is 0 Å². The molecule has 0 unspecified atom stereocenters. The lowest BCUT2D eigenvalue weighted by Crippen LogP contribution is -2.59. The summed E-state index contributed by atoms with van der Waals surface area (Å²) in [5, 5.41) is 40.1. The molecule has 0 spiro atoms. The van der Waals surface area contributed by atoms with Gasteiger partial charge in [0.2, 0.25) is 0 Å². The fourth-order valence-electron chi connectivity index (χ4n) is 3.88. The summed E-state index contributed by atoms with van der Waals surface area (Å²) in [7, 11) is -3.81. The standard InChI is InChI=1S/C22H25NO8S/c24-13-18-19(25)20(26)21(22(27)31-18)30-11-10-14-12-23(17-9-5-4-8-16(14)17)32(28,29)15-6-2-1-3-7-15/h1-9,12,18-22,24-27H,10-11,13H2/t18-,19-,20+,21-,22-/m1/s1. The van der Waals surface area contributed by atoms with Crippen molar-refractivity contribution in [3.05, 3.63) is 66.4 Å². The van der Waals surface area contributed by atoms with E-state index in [1.807, 2.05) is 6.07 Å². The number of nitrogens with zero attached hydrogens (tertiary/aromatic N) is 1. The Balaban J connectivity index is 1.55. The van der Waals surface area contributed by atoms with Crippen LogP contribution in [0.2, 0.25) is 0 Å². The van der Waals surface area contributed by atoms with Gasteiger partial charge in [0.25, 0.3) is 10.0 Å². The van der Waals surface area contributed by atoms with Crippen molar-refractivity contribution in [2.45, 2.75) is 42.0 Å². The Morgan fingerprint density at radius 1 is 0.969 bits per heavy atom. The molecule has 0 amide bonds. The Kier molecular flexibility index (Phi) is 6.63. The first kappa shape index (κ1) is 22.9. The van der Waals surface area contributed by atoms with Crippen molar-refractivity contribution in [2.24, 2.45) is 0 Å². The number of aromatic nitrogens is 1. The van der Waals surface area contributed by atoms with Gasteiger partial charge in [0, 0.05) is 11.6 Å². The molecule has 32 heavy (non-hydrogen) atoms. The van der Waals surface area contributed by atoms with Crippen molar-refractivity contribution in [2.75, 3.05) is 13.2 Å². The normalized spacial score (nSPS) is 26.4. The minimum absolute atomic E-state index is 0.0258. The lowest BCUT2D eigenvalue weighted by atomic mass is 9.99. The SMILES string of the molecule is O=S(=O)(c1ccccc1)n1cc(CCO[C@@H]2[C@@H](O)[C@H](O)[C@@H](CO)O[C@H]2O)c2ccccc21. The van der Waals surface area contributed by atoms with Gasteiger partial charge in [0.15, 0.2) is 6.29 Å². The van der Waals surface area contributed by atoms with Gasteiger partial charge in [-0.3, -0.25) is 0 Å². The molecule has 3 aromatic rings. The van der Waals surface area contributed by atoms with Crippen LogP contribution in [0.4, 0.5) is 0 Å². The van der Waals surface area contributed by atoms with E-state index in [1.54, 1.807) is 36.4 Å². The Labute approximate surface area is 185 Å². The lowest BCUT2D eigenvalue weighted by Gasteiger charge is -2.39. The van der Waals surface area contributed by atoms with E-state index in [1.165, 1.54) is 22.3 Å². The Morgan fingerprint density at radius 2 is 1.66 bits per heavy atom. The quantitative estimate of drug-likeness (QED) is 0.391. The van der Waals surface area contributed by atoms with Crippen LogP contribution < -0.4 is 0 Å². The molecule has 0 bridgehead atoms. The van der Waals surface area contributed by atoms with Crippen LogP contribution in [0.3, 0.4) is 0 Å².